The molecule has 1 aliphatic rings. The summed E-state index contributed by atoms with van der Waals surface area (Å²) in [6.07, 6.45) is 6.96. The highest BCUT2D eigenvalue weighted by Gasteiger charge is 2.24. The zero-order valence-electron chi connectivity index (χ0n) is 13.6. The van der Waals surface area contributed by atoms with E-state index in [1.807, 2.05) is 17.9 Å². The van der Waals surface area contributed by atoms with Crippen molar-refractivity contribution in [2.45, 2.75) is 32.1 Å². The molecule has 0 atom stereocenters. The molecular formula is C17H21N5S. The molecule has 0 radical (unpaired) electrons. The number of anilines is 1. The van der Waals surface area contributed by atoms with Crippen molar-refractivity contribution < 1.29 is 0 Å². The topological polar surface area (TPSA) is 46.8 Å². The molecular weight excluding hydrogens is 306 g/mol. The van der Waals surface area contributed by atoms with Crippen molar-refractivity contribution in [1.29, 1.82) is 0 Å². The van der Waals surface area contributed by atoms with Crippen molar-refractivity contribution >= 4 is 27.4 Å². The first-order chi connectivity index (χ1) is 11.3. The van der Waals surface area contributed by atoms with Crippen molar-refractivity contribution in [3.05, 3.63) is 35.2 Å². The number of nitrogens with zero attached hydrogens (tertiary/aromatic N) is 5. The monoisotopic (exact) mass is 327 g/mol. The minimum atomic E-state index is 0.602. The molecule has 0 saturated carbocycles. The minimum Gasteiger partial charge on any atom is -0.356 e. The number of thiophene rings is 1. The summed E-state index contributed by atoms with van der Waals surface area (Å²) in [7, 11) is 2.04. The molecule has 23 heavy (non-hydrogen) atoms. The Morgan fingerprint density at radius 2 is 2.09 bits per heavy atom. The summed E-state index contributed by atoms with van der Waals surface area (Å²) in [6, 6.07) is 4.41. The van der Waals surface area contributed by atoms with E-state index >= 15 is 0 Å². The fraction of sp³-hybridized carbons (Fsp3) is 0.471. The average molecular weight is 327 g/mol. The molecule has 120 valence electrons. The van der Waals surface area contributed by atoms with Gasteiger partial charge in [0.15, 0.2) is 0 Å². The van der Waals surface area contributed by atoms with Crippen molar-refractivity contribution in [1.82, 2.24) is 19.7 Å². The van der Waals surface area contributed by atoms with Crippen molar-refractivity contribution in [3.8, 4) is 0 Å². The van der Waals surface area contributed by atoms with E-state index in [4.69, 9.17) is 0 Å². The minimum absolute atomic E-state index is 0.602. The van der Waals surface area contributed by atoms with Gasteiger partial charge < -0.3 is 4.90 Å². The molecule has 4 heterocycles. The molecule has 1 aliphatic heterocycles. The van der Waals surface area contributed by atoms with Crippen LogP contribution in [-0.2, 0) is 13.5 Å². The Morgan fingerprint density at radius 3 is 2.78 bits per heavy atom. The molecule has 1 saturated heterocycles. The summed E-state index contributed by atoms with van der Waals surface area (Å²) in [5, 5.41) is 5.52. The van der Waals surface area contributed by atoms with Gasteiger partial charge in [-0.15, -0.1) is 11.3 Å². The average Bonchev–Trinajstić information content (AvgIpc) is 3.20. The van der Waals surface area contributed by atoms with Gasteiger partial charge in [-0.25, -0.2) is 9.97 Å². The fourth-order valence-corrected chi connectivity index (χ4v) is 4.42. The van der Waals surface area contributed by atoms with Crippen molar-refractivity contribution in [3.63, 3.8) is 0 Å². The largest absolute Gasteiger partial charge is 0.356 e. The molecule has 3 aromatic rings. The van der Waals surface area contributed by atoms with Gasteiger partial charge in [0.05, 0.1) is 5.39 Å². The van der Waals surface area contributed by atoms with Crippen LogP contribution in [0, 0.1) is 0 Å². The molecule has 0 N–H and O–H groups in total. The maximum Gasteiger partial charge on any atom is 0.140 e. The van der Waals surface area contributed by atoms with Crippen LogP contribution in [0.2, 0.25) is 0 Å². The summed E-state index contributed by atoms with van der Waals surface area (Å²) in [5.74, 6) is 1.71. The van der Waals surface area contributed by atoms with Gasteiger partial charge in [-0.05, 0) is 31.4 Å². The van der Waals surface area contributed by atoms with E-state index in [9.17, 15) is 0 Å². The number of piperidine rings is 1. The van der Waals surface area contributed by atoms with Gasteiger partial charge in [0.1, 0.15) is 17.0 Å². The molecule has 1 fully saturated rings. The van der Waals surface area contributed by atoms with Gasteiger partial charge in [0.2, 0.25) is 0 Å². The first kappa shape index (κ1) is 14.6. The van der Waals surface area contributed by atoms with Crippen LogP contribution >= 0.6 is 11.3 Å². The lowest BCUT2D eigenvalue weighted by atomic mass is 9.93. The number of hydrogen-bond acceptors (Lipinski definition) is 5. The zero-order valence-corrected chi connectivity index (χ0v) is 14.4. The van der Waals surface area contributed by atoms with Crippen LogP contribution in [0.15, 0.2) is 24.7 Å². The van der Waals surface area contributed by atoms with Crippen molar-refractivity contribution in [2.75, 3.05) is 18.0 Å². The Morgan fingerprint density at radius 1 is 1.26 bits per heavy atom. The normalized spacial score (nSPS) is 16.3. The van der Waals surface area contributed by atoms with E-state index in [0.29, 0.717) is 5.92 Å². The van der Waals surface area contributed by atoms with E-state index in [1.54, 1.807) is 17.7 Å². The zero-order chi connectivity index (χ0) is 15.8. The van der Waals surface area contributed by atoms with Crippen LogP contribution in [0.5, 0.6) is 0 Å². The molecule has 0 amide bonds. The maximum absolute atomic E-state index is 4.59. The predicted molar refractivity (Wildman–Crippen MR) is 94.2 cm³/mol. The van der Waals surface area contributed by atoms with Gasteiger partial charge in [-0.3, -0.25) is 4.68 Å². The fourth-order valence-electron chi connectivity index (χ4n) is 3.49. The number of hydrogen-bond donors (Lipinski definition) is 0. The lowest BCUT2D eigenvalue weighted by Crippen LogP contribution is -2.34. The Labute approximate surface area is 140 Å². The Hall–Kier alpha value is -1.95. The van der Waals surface area contributed by atoms with Crippen LogP contribution in [0.1, 0.15) is 36.3 Å². The summed E-state index contributed by atoms with van der Waals surface area (Å²) in [5.41, 5.74) is 1.35. The first-order valence-corrected chi connectivity index (χ1v) is 9.04. The third-order valence-electron chi connectivity index (χ3n) is 4.78. The van der Waals surface area contributed by atoms with Crippen LogP contribution in [0.3, 0.4) is 0 Å². The van der Waals surface area contributed by atoms with E-state index < -0.39 is 0 Å². The number of aromatic nitrogens is 4. The quantitative estimate of drug-likeness (QED) is 0.740. The predicted octanol–water partition coefficient (Wildman–Crippen LogP) is 3.37. The number of fused-ring (bicyclic) bond motifs is 1. The smallest absolute Gasteiger partial charge is 0.140 e. The second-order valence-electron chi connectivity index (χ2n) is 6.12. The highest BCUT2D eigenvalue weighted by Crippen LogP contribution is 2.34. The Bertz CT molecular complexity index is 813. The summed E-state index contributed by atoms with van der Waals surface area (Å²) >= 11 is 1.79. The van der Waals surface area contributed by atoms with Gasteiger partial charge in [-0.1, -0.05) is 6.92 Å². The molecule has 0 unspecified atom stereocenters. The van der Waals surface area contributed by atoms with Crippen LogP contribution in [-0.4, -0.2) is 32.8 Å². The lowest BCUT2D eigenvalue weighted by molar-refractivity contribution is 0.476. The third kappa shape index (κ3) is 2.61. The highest BCUT2D eigenvalue weighted by atomic mass is 32.1. The molecule has 0 aromatic carbocycles. The van der Waals surface area contributed by atoms with E-state index in [2.05, 4.69) is 39.0 Å². The van der Waals surface area contributed by atoms with Gasteiger partial charge in [0.25, 0.3) is 0 Å². The van der Waals surface area contributed by atoms with Gasteiger partial charge in [0, 0.05) is 42.8 Å². The summed E-state index contributed by atoms with van der Waals surface area (Å²) in [4.78, 5) is 13.9. The molecule has 0 bridgehead atoms. The maximum atomic E-state index is 4.59. The number of aryl methyl sites for hydroxylation is 2. The lowest BCUT2D eigenvalue weighted by Gasteiger charge is -2.33. The second-order valence-corrected chi connectivity index (χ2v) is 7.24. The SMILES string of the molecule is CCc1cc2c(N3CCC(c4ccnn4C)CC3)ncnc2s1. The molecule has 5 nitrogen and oxygen atoms in total. The molecule has 0 spiro atoms. The highest BCUT2D eigenvalue weighted by molar-refractivity contribution is 7.18. The standard InChI is InChI=1S/C17H21N5S/c1-3-13-10-14-16(18-11-19-17(14)23-13)22-8-5-12(6-9-22)15-4-7-20-21(15)2/h4,7,10-12H,3,5-6,8-9H2,1-2H3. The molecule has 4 rings (SSSR count). The molecule has 3 aromatic heterocycles. The Kier molecular flexibility index (Phi) is 3.77. The summed E-state index contributed by atoms with van der Waals surface area (Å²) < 4.78 is 2.01. The summed E-state index contributed by atoms with van der Waals surface area (Å²) in [6.45, 7) is 4.27. The first-order valence-electron chi connectivity index (χ1n) is 8.22. The molecule has 0 aliphatic carbocycles. The van der Waals surface area contributed by atoms with Gasteiger partial charge in [-0.2, -0.15) is 5.10 Å². The molecule has 6 heteroatoms. The van der Waals surface area contributed by atoms with Crippen molar-refractivity contribution in [2.24, 2.45) is 7.05 Å². The van der Waals surface area contributed by atoms with Gasteiger partial charge >= 0.3 is 0 Å². The number of rotatable bonds is 3. The Balaban J connectivity index is 1.57. The van der Waals surface area contributed by atoms with Crippen LogP contribution in [0.4, 0.5) is 5.82 Å². The van der Waals surface area contributed by atoms with E-state index in [0.717, 1.165) is 43.0 Å². The van der Waals surface area contributed by atoms with Crippen LogP contribution < -0.4 is 4.90 Å². The third-order valence-corrected chi connectivity index (χ3v) is 5.97. The van der Waals surface area contributed by atoms with E-state index in [1.165, 1.54) is 16.0 Å². The van der Waals surface area contributed by atoms with E-state index in [-0.39, 0.29) is 0 Å². The van der Waals surface area contributed by atoms with Crippen LogP contribution in [0.25, 0.3) is 10.2 Å². The second kappa shape index (κ2) is 5.92.